The maximum absolute atomic E-state index is 14.3. The van der Waals surface area contributed by atoms with E-state index in [1.165, 1.54) is 22.9 Å². The Bertz CT molecular complexity index is 1160. The highest BCUT2D eigenvalue weighted by Gasteiger charge is 2.13. The van der Waals surface area contributed by atoms with Crippen molar-refractivity contribution in [3.8, 4) is 17.2 Å². The molecule has 0 spiro atoms. The van der Waals surface area contributed by atoms with Crippen LogP contribution in [-0.2, 0) is 0 Å². The number of halogens is 1. The van der Waals surface area contributed by atoms with Crippen LogP contribution in [0.1, 0.15) is 16.2 Å². The molecule has 0 atom stereocenters. The zero-order valence-corrected chi connectivity index (χ0v) is 15.4. The number of hydrogen-bond donors (Lipinski definition) is 1. The molecule has 0 aliphatic carbocycles. The molecule has 0 saturated heterocycles. The molecule has 8 heteroatoms. The predicted molar refractivity (Wildman–Crippen MR) is 105 cm³/mol. The van der Waals surface area contributed by atoms with Crippen molar-refractivity contribution in [1.82, 2.24) is 20.2 Å². The topological polar surface area (TPSA) is 81.9 Å². The Morgan fingerprint density at radius 2 is 1.79 bits per heavy atom. The monoisotopic (exact) mass is 389 g/mol. The number of amides is 1. The fraction of sp³-hybridized carbons (Fsp3) is 0.0476. The van der Waals surface area contributed by atoms with Gasteiger partial charge in [-0.15, -0.1) is 5.10 Å². The summed E-state index contributed by atoms with van der Waals surface area (Å²) in [6, 6.07) is 20.1. The third-order valence-electron chi connectivity index (χ3n) is 4.14. The Hall–Kier alpha value is -4.07. The van der Waals surface area contributed by atoms with E-state index in [4.69, 9.17) is 4.74 Å². The maximum Gasteiger partial charge on any atom is 0.255 e. The minimum absolute atomic E-state index is 0.0248. The highest BCUT2D eigenvalue weighted by molar-refractivity contribution is 6.04. The van der Waals surface area contributed by atoms with Crippen molar-refractivity contribution >= 4 is 11.6 Å². The van der Waals surface area contributed by atoms with Crippen LogP contribution in [-0.4, -0.2) is 26.1 Å². The van der Waals surface area contributed by atoms with Crippen molar-refractivity contribution in [3.63, 3.8) is 0 Å². The van der Waals surface area contributed by atoms with Crippen molar-refractivity contribution in [2.45, 2.75) is 6.92 Å². The number of anilines is 1. The van der Waals surface area contributed by atoms with Gasteiger partial charge in [-0.25, -0.2) is 4.39 Å². The smallest absolute Gasteiger partial charge is 0.255 e. The van der Waals surface area contributed by atoms with Gasteiger partial charge in [0.2, 0.25) is 0 Å². The van der Waals surface area contributed by atoms with Gasteiger partial charge in [-0.2, -0.15) is 4.68 Å². The Labute approximate surface area is 165 Å². The molecule has 1 heterocycles. The molecule has 0 fully saturated rings. The van der Waals surface area contributed by atoms with Crippen molar-refractivity contribution in [2.24, 2.45) is 0 Å². The van der Waals surface area contributed by atoms with Crippen LogP contribution in [0.25, 0.3) is 5.69 Å². The van der Waals surface area contributed by atoms with Crippen molar-refractivity contribution in [2.75, 3.05) is 5.32 Å². The van der Waals surface area contributed by atoms with Gasteiger partial charge in [-0.1, -0.05) is 24.3 Å². The third kappa shape index (κ3) is 4.11. The fourth-order valence-corrected chi connectivity index (χ4v) is 2.73. The van der Waals surface area contributed by atoms with Crippen LogP contribution >= 0.6 is 0 Å². The van der Waals surface area contributed by atoms with Gasteiger partial charge in [0.15, 0.2) is 5.82 Å². The Balaban J connectivity index is 1.55. The number of para-hydroxylation sites is 1. The molecule has 0 saturated carbocycles. The number of nitrogens with one attached hydrogen (secondary N) is 1. The summed E-state index contributed by atoms with van der Waals surface area (Å²) in [5, 5.41) is 13.8. The summed E-state index contributed by atoms with van der Waals surface area (Å²) in [5.41, 5.74) is 0.893. The molecule has 1 N–H and O–H groups in total. The summed E-state index contributed by atoms with van der Waals surface area (Å²) in [6.45, 7) is 1.72. The standard InChI is InChI=1S/C21H16FN5O2/c1-14-24-25-26-27(14)16-10-11-19(22)20(13-16)23-21(28)15-6-5-9-18(12-15)29-17-7-3-2-4-8-17/h2-13H,1H3,(H,23,28). The highest BCUT2D eigenvalue weighted by atomic mass is 19.1. The van der Waals surface area contributed by atoms with E-state index in [0.717, 1.165) is 0 Å². The summed E-state index contributed by atoms with van der Waals surface area (Å²) in [5.74, 6) is 0.667. The molecule has 1 amide bonds. The molecule has 0 bridgehead atoms. The molecule has 0 unspecified atom stereocenters. The van der Waals surface area contributed by atoms with Crippen LogP contribution in [0.5, 0.6) is 11.5 Å². The van der Waals surface area contributed by atoms with Crippen LogP contribution in [0.3, 0.4) is 0 Å². The predicted octanol–water partition coefficient (Wildman–Crippen LogP) is 4.15. The largest absolute Gasteiger partial charge is 0.457 e. The van der Waals surface area contributed by atoms with Gasteiger partial charge >= 0.3 is 0 Å². The minimum atomic E-state index is -0.565. The van der Waals surface area contributed by atoms with E-state index in [-0.39, 0.29) is 5.69 Å². The van der Waals surface area contributed by atoms with Gasteiger partial charge in [-0.3, -0.25) is 4.79 Å². The van der Waals surface area contributed by atoms with E-state index in [9.17, 15) is 9.18 Å². The Morgan fingerprint density at radius 3 is 2.55 bits per heavy atom. The first-order valence-corrected chi connectivity index (χ1v) is 8.79. The number of rotatable bonds is 5. The Morgan fingerprint density at radius 1 is 1.00 bits per heavy atom. The number of carbonyl (C=O) groups is 1. The first-order valence-electron chi connectivity index (χ1n) is 8.79. The zero-order valence-electron chi connectivity index (χ0n) is 15.4. The number of aryl methyl sites for hydroxylation is 1. The molecular weight excluding hydrogens is 373 g/mol. The second-order valence-corrected chi connectivity index (χ2v) is 6.20. The first-order chi connectivity index (χ1) is 14.1. The molecule has 4 rings (SSSR count). The number of ether oxygens (including phenoxy) is 1. The lowest BCUT2D eigenvalue weighted by atomic mass is 10.2. The molecule has 7 nitrogen and oxygen atoms in total. The van der Waals surface area contributed by atoms with E-state index in [1.54, 1.807) is 31.2 Å². The van der Waals surface area contributed by atoms with Gasteiger partial charge in [0, 0.05) is 5.56 Å². The summed E-state index contributed by atoms with van der Waals surface area (Å²) >= 11 is 0. The van der Waals surface area contributed by atoms with Gasteiger partial charge in [0.1, 0.15) is 17.3 Å². The molecule has 144 valence electrons. The van der Waals surface area contributed by atoms with Crippen molar-refractivity contribution < 1.29 is 13.9 Å². The van der Waals surface area contributed by atoms with Crippen LogP contribution in [0.2, 0.25) is 0 Å². The second-order valence-electron chi connectivity index (χ2n) is 6.20. The number of aromatic nitrogens is 4. The summed E-state index contributed by atoms with van der Waals surface area (Å²) in [6.07, 6.45) is 0. The lowest BCUT2D eigenvalue weighted by molar-refractivity contribution is 0.102. The summed E-state index contributed by atoms with van der Waals surface area (Å²) in [7, 11) is 0. The van der Waals surface area contributed by atoms with E-state index in [1.807, 2.05) is 30.3 Å². The number of hydrogen-bond acceptors (Lipinski definition) is 5. The number of benzene rings is 3. The quantitative estimate of drug-likeness (QED) is 0.554. The zero-order chi connectivity index (χ0) is 20.2. The summed E-state index contributed by atoms with van der Waals surface area (Å²) < 4.78 is 21.4. The third-order valence-corrected chi connectivity index (χ3v) is 4.14. The fourth-order valence-electron chi connectivity index (χ4n) is 2.73. The van der Waals surface area contributed by atoms with E-state index >= 15 is 0 Å². The molecule has 29 heavy (non-hydrogen) atoms. The average Bonchev–Trinajstić information content (AvgIpc) is 3.16. The summed E-state index contributed by atoms with van der Waals surface area (Å²) in [4.78, 5) is 12.7. The Kier molecular flexibility index (Phi) is 4.98. The van der Waals surface area contributed by atoms with Gasteiger partial charge in [0.05, 0.1) is 11.4 Å². The van der Waals surface area contributed by atoms with Gasteiger partial charge in [0.25, 0.3) is 5.91 Å². The van der Waals surface area contributed by atoms with E-state index in [2.05, 4.69) is 20.8 Å². The number of tetrazole rings is 1. The minimum Gasteiger partial charge on any atom is -0.457 e. The molecule has 4 aromatic rings. The van der Waals surface area contributed by atoms with E-state index < -0.39 is 11.7 Å². The normalized spacial score (nSPS) is 10.6. The molecule has 0 radical (unpaired) electrons. The lowest BCUT2D eigenvalue weighted by Crippen LogP contribution is -2.13. The average molecular weight is 389 g/mol. The second kappa shape index (κ2) is 7.89. The molecule has 0 aliphatic rings. The van der Waals surface area contributed by atoms with Crippen molar-refractivity contribution in [1.29, 1.82) is 0 Å². The lowest BCUT2D eigenvalue weighted by Gasteiger charge is -2.10. The van der Waals surface area contributed by atoms with Crippen LogP contribution in [0.15, 0.2) is 72.8 Å². The molecular formula is C21H16FN5O2. The van der Waals surface area contributed by atoms with Crippen LogP contribution in [0, 0.1) is 12.7 Å². The van der Waals surface area contributed by atoms with E-state index in [0.29, 0.717) is 28.6 Å². The highest BCUT2D eigenvalue weighted by Crippen LogP contribution is 2.23. The number of nitrogens with zero attached hydrogens (tertiary/aromatic N) is 4. The van der Waals surface area contributed by atoms with Crippen LogP contribution in [0.4, 0.5) is 10.1 Å². The first kappa shape index (κ1) is 18.3. The van der Waals surface area contributed by atoms with Gasteiger partial charge < -0.3 is 10.1 Å². The number of carbonyl (C=O) groups excluding carboxylic acids is 1. The maximum atomic E-state index is 14.3. The molecule has 1 aromatic heterocycles. The molecule has 0 aliphatic heterocycles. The van der Waals surface area contributed by atoms with Crippen molar-refractivity contribution in [3.05, 3.63) is 90.0 Å². The van der Waals surface area contributed by atoms with Crippen LogP contribution < -0.4 is 10.1 Å². The van der Waals surface area contributed by atoms with Gasteiger partial charge in [-0.05, 0) is 65.9 Å². The SMILES string of the molecule is Cc1nnnn1-c1ccc(F)c(NC(=O)c2cccc(Oc3ccccc3)c2)c1. The molecule has 3 aromatic carbocycles.